The molecule has 2 atom stereocenters. The number of aromatic amines is 1. The normalized spacial score (nSPS) is 20.4. The second-order valence-corrected chi connectivity index (χ2v) is 5.91. The van der Waals surface area contributed by atoms with E-state index in [9.17, 15) is 8.78 Å². The molecule has 1 aliphatic heterocycles. The predicted molar refractivity (Wildman–Crippen MR) is 90.3 cm³/mol. The van der Waals surface area contributed by atoms with Crippen molar-refractivity contribution < 1.29 is 13.5 Å². The van der Waals surface area contributed by atoms with Crippen LogP contribution in [-0.4, -0.2) is 52.2 Å². The van der Waals surface area contributed by atoms with E-state index in [0.29, 0.717) is 23.8 Å². The van der Waals surface area contributed by atoms with Crippen LogP contribution in [0, 0.1) is 0 Å². The van der Waals surface area contributed by atoms with Crippen LogP contribution in [0.2, 0.25) is 0 Å². The van der Waals surface area contributed by atoms with Crippen LogP contribution in [-0.2, 0) is 0 Å². The van der Waals surface area contributed by atoms with E-state index < -0.39 is 12.3 Å². The van der Waals surface area contributed by atoms with E-state index in [4.69, 9.17) is 4.74 Å². The molecule has 1 aromatic carbocycles. The zero-order valence-electron chi connectivity index (χ0n) is 13.6. The number of H-pyrrole nitrogens is 1. The Morgan fingerprint density at radius 2 is 2.00 bits per heavy atom. The zero-order chi connectivity index (χ0) is 17.4. The maximum Gasteiger partial charge on any atom is 0.150 e. The Bertz CT molecular complexity index is 890. The van der Waals surface area contributed by atoms with Crippen LogP contribution < -0.4 is 9.64 Å². The summed E-state index contributed by atoms with van der Waals surface area (Å²) in [6.07, 6.45) is -1.59. The van der Waals surface area contributed by atoms with Gasteiger partial charge in [0, 0.05) is 11.5 Å². The lowest BCUT2D eigenvalue weighted by Crippen LogP contribution is -2.21. The molecule has 0 aliphatic carbocycles. The number of nitrogens with one attached hydrogen (secondary N) is 1. The Kier molecular flexibility index (Phi) is 3.95. The molecule has 4 rings (SSSR count). The minimum absolute atomic E-state index is 0.00653. The number of benzene rings is 1. The Labute approximate surface area is 142 Å². The fraction of sp³-hybridized carbons (Fsp3) is 0.353. The molecule has 2 aromatic heterocycles. The van der Waals surface area contributed by atoms with E-state index in [1.165, 1.54) is 6.33 Å². The van der Waals surface area contributed by atoms with E-state index in [-0.39, 0.29) is 13.1 Å². The largest absolute Gasteiger partial charge is 0.494 e. The smallest absolute Gasteiger partial charge is 0.150 e. The lowest BCUT2D eigenvalue weighted by atomic mass is 10.1. The molecule has 0 spiro atoms. The fourth-order valence-electron chi connectivity index (χ4n) is 3.01. The van der Waals surface area contributed by atoms with Crippen LogP contribution in [0.1, 0.15) is 6.92 Å². The van der Waals surface area contributed by atoms with E-state index in [2.05, 4.69) is 20.2 Å². The third-order valence-corrected chi connectivity index (χ3v) is 4.25. The molecular weight excluding hydrogens is 328 g/mol. The predicted octanol–water partition coefficient (Wildman–Crippen LogP) is 2.91. The first-order valence-corrected chi connectivity index (χ1v) is 8.12. The standard InChI is InChI=1S/C17H17F2N5O/c1-2-25-10-3-4-14-11(5-10)17(23-22-14)15-6-16(21-9-20-15)24-7-12(18)13(19)8-24/h3-6,9,12-13H,2,7-8H2,1H3,(H,22,23)/t12-,13-/m0/s1. The van der Waals surface area contributed by atoms with Crippen LogP contribution in [0.4, 0.5) is 14.6 Å². The average molecular weight is 345 g/mol. The molecule has 0 radical (unpaired) electrons. The molecular formula is C17H17F2N5O. The van der Waals surface area contributed by atoms with Crippen molar-refractivity contribution in [2.45, 2.75) is 19.3 Å². The topological polar surface area (TPSA) is 66.9 Å². The molecule has 0 amide bonds. The highest BCUT2D eigenvalue weighted by molar-refractivity contribution is 5.93. The first-order valence-electron chi connectivity index (χ1n) is 8.12. The number of hydrogen-bond acceptors (Lipinski definition) is 5. The second kappa shape index (κ2) is 6.27. The van der Waals surface area contributed by atoms with Gasteiger partial charge < -0.3 is 9.64 Å². The third-order valence-electron chi connectivity index (χ3n) is 4.25. The molecule has 3 aromatic rings. The molecule has 130 valence electrons. The third kappa shape index (κ3) is 2.88. The molecule has 0 saturated carbocycles. The zero-order valence-corrected chi connectivity index (χ0v) is 13.6. The highest BCUT2D eigenvalue weighted by atomic mass is 19.2. The summed E-state index contributed by atoms with van der Waals surface area (Å²) in [6.45, 7) is 2.48. The number of nitrogens with zero attached hydrogens (tertiary/aromatic N) is 4. The van der Waals surface area contributed by atoms with Gasteiger partial charge in [-0.1, -0.05) is 0 Å². The van der Waals surface area contributed by atoms with Gasteiger partial charge in [0.15, 0.2) is 12.3 Å². The van der Waals surface area contributed by atoms with Gasteiger partial charge in [0.25, 0.3) is 0 Å². The van der Waals surface area contributed by atoms with Gasteiger partial charge in [0.2, 0.25) is 0 Å². The Hall–Kier alpha value is -2.77. The lowest BCUT2D eigenvalue weighted by molar-refractivity contribution is 0.217. The van der Waals surface area contributed by atoms with Crippen molar-refractivity contribution >= 4 is 16.7 Å². The Morgan fingerprint density at radius 1 is 1.20 bits per heavy atom. The average Bonchev–Trinajstić information content (AvgIpc) is 3.19. The maximum absolute atomic E-state index is 13.5. The van der Waals surface area contributed by atoms with E-state index in [0.717, 1.165) is 16.7 Å². The van der Waals surface area contributed by atoms with Crippen LogP contribution >= 0.6 is 0 Å². The number of anilines is 1. The summed E-state index contributed by atoms with van der Waals surface area (Å²) in [7, 11) is 0. The number of rotatable bonds is 4. The number of halogens is 2. The van der Waals surface area contributed by atoms with Crippen LogP contribution in [0.25, 0.3) is 22.3 Å². The Balaban J connectivity index is 1.71. The van der Waals surface area contributed by atoms with Gasteiger partial charge in [0.05, 0.1) is 30.9 Å². The van der Waals surface area contributed by atoms with Gasteiger partial charge in [-0.15, -0.1) is 0 Å². The van der Waals surface area contributed by atoms with Crippen molar-refractivity contribution in [2.75, 3.05) is 24.6 Å². The van der Waals surface area contributed by atoms with Crippen molar-refractivity contribution in [1.29, 1.82) is 0 Å². The van der Waals surface area contributed by atoms with Gasteiger partial charge >= 0.3 is 0 Å². The number of aromatic nitrogens is 4. The summed E-state index contributed by atoms with van der Waals surface area (Å²) in [6, 6.07) is 7.35. The number of hydrogen-bond donors (Lipinski definition) is 1. The van der Waals surface area contributed by atoms with Crippen molar-refractivity contribution in [2.24, 2.45) is 0 Å². The quantitative estimate of drug-likeness (QED) is 0.787. The molecule has 0 bridgehead atoms. The molecule has 1 aliphatic rings. The fourth-order valence-corrected chi connectivity index (χ4v) is 3.01. The first kappa shape index (κ1) is 15.7. The molecule has 8 heteroatoms. The monoisotopic (exact) mass is 345 g/mol. The summed E-state index contributed by atoms with van der Waals surface area (Å²) in [5, 5.41) is 8.15. The Morgan fingerprint density at radius 3 is 2.76 bits per heavy atom. The number of alkyl halides is 2. The van der Waals surface area contributed by atoms with Crippen molar-refractivity contribution in [3.63, 3.8) is 0 Å². The minimum Gasteiger partial charge on any atom is -0.494 e. The second-order valence-electron chi connectivity index (χ2n) is 5.91. The summed E-state index contributed by atoms with van der Waals surface area (Å²) >= 11 is 0. The number of ether oxygens (including phenoxy) is 1. The molecule has 6 nitrogen and oxygen atoms in total. The van der Waals surface area contributed by atoms with Crippen molar-refractivity contribution in [3.8, 4) is 17.1 Å². The SMILES string of the molecule is CCOc1ccc2[nH]nc(-c3cc(N4C[C@H](F)[C@@H](F)C4)ncn3)c2c1. The lowest BCUT2D eigenvalue weighted by Gasteiger charge is -2.15. The van der Waals surface area contributed by atoms with E-state index in [1.807, 2.05) is 25.1 Å². The van der Waals surface area contributed by atoms with Crippen LogP contribution in [0.3, 0.4) is 0 Å². The van der Waals surface area contributed by atoms with Gasteiger partial charge in [-0.05, 0) is 25.1 Å². The minimum atomic E-state index is -1.49. The van der Waals surface area contributed by atoms with E-state index in [1.54, 1.807) is 11.0 Å². The van der Waals surface area contributed by atoms with Crippen molar-refractivity contribution in [3.05, 3.63) is 30.6 Å². The molecule has 3 heterocycles. The summed E-state index contributed by atoms with van der Waals surface area (Å²) < 4.78 is 32.5. The molecule has 1 saturated heterocycles. The molecule has 1 fully saturated rings. The van der Waals surface area contributed by atoms with Crippen molar-refractivity contribution in [1.82, 2.24) is 20.2 Å². The summed E-state index contributed by atoms with van der Waals surface area (Å²) in [5.41, 5.74) is 2.09. The summed E-state index contributed by atoms with van der Waals surface area (Å²) in [4.78, 5) is 10.00. The highest BCUT2D eigenvalue weighted by Gasteiger charge is 2.33. The van der Waals surface area contributed by atoms with Crippen LogP contribution in [0.15, 0.2) is 30.6 Å². The van der Waals surface area contributed by atoms with Gasteiger partial charge in [-0.2, -0.15) is 5.10 Å². The van der Waals surface area contributed by atoms with E-state index >= 15 is 0 Å². The summed E-state index contributed by atoms with van der Waals surface area (Å²) in [5.74, 6) is 1.23. The first-order chi connectivity index (χ1) is 12.2. The van der Waals surface area contributed by atoms with Crippen LogP contribution in [0.5, 0.6) is 5.75 Å². The molecule has 25 heavy (non-hydrogen) atoms. The number of fused-ring (bicyclic) bond motifs is 1. The van der Waals surface area contributed by atoms with Gasteiger partial charge in [-0.25, -0.2) is 18.7 Å². The highest BCUT2D eigenvalue weighted by Crippen LogP contribution is 2.30. The molecule has 0 unspecified atom stereocenters. The van der Waals surface area contributed by atoms with Gasteiger partial charge in [-0.3, -0.25) is 5.10 Å². The molecule has 1 N–H and O–H groups in total. The van der Waals surface area contributed by atoms with Gasteiger partial charge in [0.1, 0.15) is 23.6 Å². The maximum atomic E-state index is 13.5.